The first-order valence-corrected chi connectivity index (χ1v) is 9.46. The van der Waals surface area contributed by atoms with E-state index in [0.717, 1.165) is 0 Å². The van der Waals surface area contributed by atoms with Crippen LogP contribution in [0.25, 0.3) is 4.98 Å². The fourth-order valence-corrected chi connectivity index (χ4v) is 5.66. The number of hydrogen-bond acceptors (Lipinski definition) is 7. The molecule has 0 aliphatic carbocycles. The monoisotopic (exact) mass is 458 g/mol. The molecule has 1 aromatic rings. The van der Waals surface area contributed by atoms with Gasteiger partial charge in [0.15, 0.2) is 4.98 Å². The van der Waals surface area contributed by atoms with Crippen molar-refractivity contribution in [2.24, 2.45) is 0 Å². The van der Waals surface area contributed by atoms with Crippen LogP contribution in [0.1, 0.15) is 0 Å². The zero-order valence-corrected chi connectivity index (χ0v) is 14.5. The first kappa shape index (κ1) is 21.1. The van der Waals surface area contributed by atoms with Crippen molar-refractivity contribution in [3.05, 3.63) is 15.5 Å². The lowest BCUT2D eigenvalue weighted by Gasteiger charge is -2.07. The zero-order chi connectivity index (χ0) is 16.8. The van der Waals surface area contributed by atoms with Crippen molar-refractivity contribution in [2.45, 2.75) is 14.7 Å². The largest absolute Gasteiger partial charge is 1.00 e. The predicted molar refractivity (Wildman–Crippen MR) is 68.3 cm³/mol. The summed E-state index contributed by atoms with van der Waals surface area (Å²) < 4.78 is 92.7. The Morgan fingerprint density at radius 2 is 1.32 bits per heavy atom. The molecule has 0 atom stereocenters. The molecule has 3 N–H and O–H groups in total. The lowest BCUT2D eigenvalue weighted by Crippen LogP contribution is -3.00. The van der Waals surface area contributed by atoms with E-state index < -0.39 is 55.2 Å². The second-order valence-electron chi connectivity index (χ2n) is 3.39. The highest BCUT2D eigenvalue weighted by atomic mass is 79.9. The van der Waals surface area contributed by atoms with Crippen LogP contribution in [0.3, 0.4) is 0 Å². The van der Waals surface area contributed by atoms with Gasteiger partial charge in [0.05, 0.1) is 10.5 Å². The van der Waals surface area contributed by atoms with E-state index >= 15 is 0 Å². The Morgan fingerprint density at radius 3 is 1.59 bits per heavy atom. The quantitative estimate of drug-likeness (QED) is 0.326. The number of halogens is 2. The average molecular weight is 460 g/mol. The van der Waals surface area contributed by atoms with Crippen molar-refractivity contribution in [1.29, 1.82) is 5.39 Å². The first-order chi connectivity index (χ1) is 9.21. The standard InChI is InChI=1S/C6H3BrN2O9S3.ClH/c7-4-3(19(10,11)12)1-2(9-8)5(20(13,14)15)6(4)21(16,17)18;/h1H,(H2-,10,11,12,13,14,15,16,17,18);1H. The molecule has 22 heavy (non-hydrogen) atoms. The van der Waals surface area contributed by atoms with E-state index in [-0.39, 0.29) is 18.5 Å². The van der Waals surface area contributed by atoms with E-state index in [0.29, 0.717) is 0 Å². The third kappa shape index (κ3) is 4.11. The van der Waals surface area contributed by atoms with E-state index in [4.69, 9.17) is 19.1 Å². The lowest BCUT2D eigenvalue weighted by atomic mass is 10.3. The van der Waals surface area contributed by atoms with Crippen LogP contribution in [-0.2, 0) is 30.4 Å². The topological polar surface area (TPSA) is 191 Å². The Kier molecular flexibility index (Phi) is 6.08. The molecular weight excluding hydrogens is 456 g/mol. The van der Waals surface area contributed by atoms with Gasteiger partial charge in [0.25, 0.3) is 20.2 Å². The van der Waals surface area contributed by atoms with Crippen molar-refractivity contribution in [3.8, 4) is 0 Å². The van der Waals surface area contributed by atoms with Gasteiger partial charge in [-0.3, -0.25) is 13.7 Å². The number of diazo groups is 1. The third-order valence-corrected chi connectivity index (χ3v) is 6.23. The summed E-state index contributed by atoms with van der Waals surface area (Å²) in [6, 6.07) is 0.261. The smallest absolute Gasteiger partial charge is 0.408 e. The van der Waals surface area contributed by atoms with Crippen molar-refractivity contribution >= 4 is 52.0 Å². The summed E-state index contributed by atoms with van der Waals surface area (Å²) in [5.74, 6) is 0. The van der Waals surface area contributed by atoms with Crippen LogP contribution in [0.15, 0.2) is 25.2 Å². The molecule has 0 aromatic heterocycles. The molecular formula is C6H4BrClN2O9S3. The molecule has 0 spiro atoms. The molecule has 11 nitrogen and oxygen atoms in total. The highest BCUT2D eigenvalue weighted by molar-refractivity contribution is 9.10. The number of rotatable bonds is 3. The van der Waals surface area contributed by atoms with Gasteiger partial charge in [-0.15, -0.1) is 0 Å². The van der Waals surface area contributed by atoms with E-state index in [1.54, 1.807) is 0 Å². The van der Waals surface area contributed by atoms with Gasteiger partial charge in [0.1, 0.15) is 9.79 Å². The first-order valence-electron chi connectivity index (χ1n) is 4.35. The highest BCUT2D eigenvalue weighted by Crippen LogP contribution is 2.40. The van der Waals surface area contributed by atoms with Gasteiger partial charge in [-0.05, 0) is 15.9 Å². The molecule has 0 unspecified atom stereocenters. The summed E-state index contributed by atoms with van der Waals surface area (Å²) in [5.41, 5.74) is -1.24. The summed E-state index contributed by atoms with van der Waals surface area (Å²) in [7, 11) is -15.8. The van der Waals surface area contributed by atoms with E-state index in [2.05, 4.69) is 20.9 Å². The van der Waals surface area contributed by atoms with Gasteiger partial charge in [-0.2, -0.15) is 25.3 Å². The van der Waals surface area contributed by atoms with Gasteiger partial charge in [0.2, 0.25) is 10.3 Å². The molecule has 1 aromatic carbocycles. The van der Waals surface area contributed by atoms with Gasteiger partial charge >= 0.3 is 15.8 Å². The minimum atomic E-state index is -5.40. The maximum Gasteiger partial charge on any atom is 0.408 e. The normalized spacial score (nSPS) is 12.3. The summed E-state index contributed by atoms with van der Waals surface area (Å²) >= 11 is 2.38. The number of nitrogens with zero attached hydrogens (tertiary/aromatic N) is 2. The van der Waals surface area contributed by atoms with Crippen LogP contribution in [-0.4, -0.2) is 38.9 Å². The highest BCUT2D eigenvalue weighted by Gasteiger charge is 2.40. The molecule has 124 valence electrons. The Hall–Kier alpha value is -0.860. The Balaban J connectivity index is 0.00000441. The van der Waals surface area contributed by atoms with Gasteiger partial charge in [-0.25, -0.2) is 0 Å². The molecule has 0 amide bonds. The van der Waals surface area contributed by atoms with Crippen molar-refractivity contribution in [1.82, 2.24) is 0 Å². The molecule has 0 aliphatic rings. The summed E-state index contributed by atoms with van der Waals surface area (Å²) in [4.78, 5) is -2.09. The summed E-state index contributed by atoms with van der Waals surface area (Å²) in [6.07, 6.45) is 0. The SMILES string of the molecule is N#[N+]c1cc(S(=O)(=O)O)c(Br)c(S(=O)(=O)O)c1S(=O)(=O)O.[Cl-]. The van der Waals surface area contributed by atoms with Crippen LogP contribution >= 0.6 is 15.9 Å². The Bertz CT molecular complexity index is 977. The fourth-order valence-electron chi connectivity index (χ4n) is 1.32. The lowest BCUT2D eigenvalue weighted by molar-refractivity contribution is -0.0000166. The van der Waals surface area contributed by atoms with Crippen molar-refractivity contribution in [3.63, 3.8) is 0 Å². The summed E-state index contributed by atoms with van der Waals surface area (Å²) in [6.45, 7) is 0. The minimum Gasteiger partial charge on any atom is -1.00 e. The molecule has 0 fully saturated rings. The molecule has 0 aliphatic heterocycles. The van der Waals surface area contributed by atoms with Gasteiger partial charge < -0.3 is 12.4 Å². The fraction of sp³-hybridized carbons (Fsp3) is 0. The minimum absolute atomic E-state index is 0. The third-order valence-electron chi connectivity index (χ3n) is 2.02. The number of benzene rings is 1. The van der Waals surface area contributed by atoms with E-state index in [1.807, 2.05) is 0 Å². The van der Waals surface area contributed by atoms with Gasteiger partial charge in [-0.1, -0.05) is 0 Å². The van der Waals surface area contributed by atoms with Crippen LogP contribution < -0.4 is 12.4 Å². The van der Waals surface area contributed by atoms with Crippen LogP contribution in [0.4, 0.5) is 5.69 Å². The molecule has 0 radical (unpaired) electrons. The maximum absolute atomic E-state index is 11.2. The Morgan fingerprint density at radius 1 is 0.909 bits per heavy atom. The maximum atomic E-state index is 11.2. The predicted octanol–water partition coefficient (Wildman–Crippen LogP) is -2.32. The second kappa shape index (κ2) is 6.33. The van der Waals surface area contributed by atoms with Crippen LogP contribution in [0, 0.1) is 5.39 Å². The molecule has 1 rings (SSSR count). The Labute approximate surface area is 138 Å². The average Bonchev–Trinajstić information content (AvgIpc) is 2.23. The molecule has 0 saturated heterocycles. The van der Waals surface area contributed by atoms with Crippen molar-refractivity contribution in [2.75, 3.05) is 0 Å². The van der Waals surface area contributed by atoms with Crippen molar-refractivity contribution < 1.29 is 51.3 Å². The molecule has 16 heteroatoms. The summed E-state index contributed by atoms with van der Waals surface area (Å²) in [5, 5.41) is 8.63. The number of hydrogen-bond donors (Lipinski definition) is 3. The zero-order valence-electron chi connectivity index (χ0n) is 9.74. The van der Waals surface area contributed by atoms with Gasteiger partial charge in [0, 0.05) is 0 Å². The second-order valence-corrected chi connectivity index (χ2v) is 8.29. The molecule has 0 bridgehead atoms. The van der Waals surface area contributed by atoms with Crippen LogP contribution in [0.5, 0.6) is 0 Å². The van der Waals surface area contributed by atoms with Crippen LogP contribution in [0.2, 0.25) is 0 Å². The van der Waals surface area contributed by atoms with E-state index in [9.17, 15) is 25.3 Å². The molecule has 0 saturated carbocycles. The van der Waals surface area contributed by atoms with E-state index in [1.165, 1.54) is 0 Å². The molecule has 0 heterocycles.